The molecule has 26 heavy (non-hydrogen) atoms. The molecular formula is C17H14N3O4S2-. The van der Waals surface area contributed by atoms with E-state index < -0.39 is 10.0 Å². The predicted molar refractivity (Wildman–Crippen MR) is 99.7 cm³/mol. The Kier molecular flexibility index (Phi) is 5.19. The molecule has 0 aliphatic rings. The number of methoxy groups -OCH3 is 1. The first-order chi connectivity index (χ1) is 12.5. The van der Waals surface area contributed by atoms with E-state index in [-0.39, 0.29) is 15.9 Å². The lowest BCUT2D eigenvalue weighted by Gasteiger charge is -2.12. The second-order valence-corrected chi connectivity index (χ2v) is 7.57. The molecule has 0 atom stereocenters. The second kappa shape index (κ2) is 7.54. The highest BCUT2D eigenvalue weighted by Crippen LogP contribution is 2.29. The molecule has 9 heteroatoms. The largest absolute Gasteiger partial charge is 0.497 e. The van der Waals surface area contributed by atoms with Gasteiger partial charge in [0.25, 0.3) is 5.91 Å². The quantitative estimate of drug-likeness (QED) is 0.692. The van der Waals surface area contributed by atoms with Crippen molar-refractivity contribution in [2.24, 2.45) is 0 Å². The van der Waals surface area contributed by atoms with Gasteiger partial charge in [-0.25, -0.2) is 8.42 Å². The number of rotatable bonds is 6. The standard InChI is InChI=1S/C17H15N3O4S2/c1-24-14-4-2-3-12(11-14)16(21)19-13-5-7-15(8-6-13)26(22,23)20-17-18-9-10-25-17/h2-11H,1H3,(H2,18,19,20,21)/p-1. The van der Waals surface area contributed by atoms with Crippen LogP contribution in [0.5, 0.6) is 5.75 Å². The summed E-state index contributed by atoms with van der Waals surface area (Å²) in [6.45, 7) is 0. The Morgan fingerprint density at radius 3 is 2.62 bits per heavy atom. The number of nitrogens with zero attached hydrogens (tertiary/aromatic N) is 2. The monoisotopic (exact) mass is 388 g/mol. The summed E-state index contributed by atoms with van der Waals surface area (Å²) in [7, 11) is -2.33. The molecule has 1 aromatic heterocycles. The van der Waals surface area contributed by atoms with Crippen LogP contribution in [0.2, 0.25) is 0 Å². The van der Waals surface area contributed by atoms with Gasteiger partial charge in [-0.05, 0) is 47.8 Å². The number of hydrogen-bond donors (Lipinski definition) is 1. The molecule has 0 fully saturated rings. The highest BCUT2D eigenvalue weighted by Gasteiger charge is 2.11. The molecule has 0 radical (unpaired) electrons. The minimum absolute atomic E-state index is 0.0204. The Morgan fingerprint density at radius 2 is 1.96 bits per heavy atom. The molecule has 3 rings (SSSR count). The van der Waals surface area contributed by atoms with E-state index >= 15 is 0 Å². The zero-order chi connectivity index (χ0) is 18.6. The number of ether oxygens (including phenoxy) is 1. The summed E-state index contributed by atoms with van der Waals surface area (Å²) in [5, 5.41) is 4.51. The van der Waals surface area contributed by atoms with E-state index in [1.54, 1.807) is 29.6 Å². The lowest BCUT2D eigenvalue weighted by Crippen LogP contribution is -2.12. The number of benzene rings is 2. The molecule has 134 valence electrons. The summed E-state index contributed by atoms with van der Waals surface area (Å²) < 4.78 is 33.2. The topological polar surface area (TPSA) is 99.5 Å². The van der Waals surface area contributed by atoms with Crippen molar-refractivity contribution in [3.63, 3.8) is 0 Å². The third-order valence-electron chi connectivity index (χ3n) is 3.36. The highest BCUT2D eigenvalue weighted by atomic mass is 32.2. The average molecular weight is 388 g/mol. The Labute approximate surface area is 154 Å². The third-order valence-corrected chi connectivity index (χ3v) is 5.42. The van der Waals surface area contributed by atoms with Crippen LogP contribution < -0.4 is 10.1 Å². The zero-order valence-electron chi connectivity index (χ0n) is 13.6. The van der Waals surface area contributed by atoms with Crippen LogP contribution in [0.4, 0.5) is 10.8 Å². The molecule has 1 N–H and O–H groups in total. The van der Waals surface area contributed by atoms with Gasteiger partial charge in [0.2, 0.25) is 10.0 Å². The molecule has 0 bridgehead atoms. The van der Waals surface area contributed by atoms with Gasteiger partial charge < -0.3 is 19.8 Å². The second-order valence-electron chi connectivity index (χ2n) is 5.09. The Morgan fingerprint density at radius 1 is 1.19 bits per heavy atom. The van der Waals surface area contributed by atoms with Crippen molar-refractivity contribution in [2.75, 3.05) is 12.4 Å². The van der Waals surface area contributed by atoms with Crippen LogP contribution in [0.25, 0.3) is 4.72 Å². The van der Waals surface area contributed by atoms with Crippen molar-refractivity contribution in [3.05, 3.63) is 70.4 Å². The number of aromatic nitrogens is 1. The SMILES string of the molecule is COc1cccc(C(=O)Nc2ccc(S(=O)(=O)[N-]c3nccs3)cc2)c1. The summed E-state index contributed by atoms with van der Waals surface area (Å²) in [6, 6.07) is 12.5. The lowest BCUT2D eigenvalue weighted by atomic mass is 10.2. The van der Waals surface area contributed by atoms with Gasteiger partial charge in [0.1, 0.15) is 5.75 Å². The van der Waals surface area contributed by atoms with Crippen LogP contribution in [-0.2, 0) is 10.0 Å². The van der Waals surface area contributed by atoms with Gasteiger partial charge in [-0.3, -0.25) is 4.79 Å². The van der Waals surface area contributed by atoms with Crippen molar-refractivity contribution < 1.29 is 17.9 Å². The maximum absolute atomic E-state index is 12.3. The van der Waals surface area contributed by atoms with E-state index in [1.165, 1.54) is 37.6 Å². The van der Waals surface area contributed by atoms with Crippen LogP contribution >= 0.6 is 11.3 Å². The van der Waals surface area contributed by atoms with E-state index in [1.807, 2.05) is 0 Å². The number of carbonyl (C=O) groups excluding carboxylic acids is 1. The Bertz CT molecular complexity index is 1000. The summed E-state index contributed by atoms with van der Waals surface area (Å²) >= 11 is 1.13. The number of nitrogens with one attached hydrogen (secondary N) is 1. The van der Waals surface area contributed by atoms with Gasteiger partial charge in [-0.1, -0.05) is 12.3 Å². The van der Waals surface area contributed by atoms with Crippen LogP contribution in [0.3, 0.4) is 0 Å². The van der Waals surface area contributed by atoms with Crippen molar-refractivity contribution in [3.8, 4) is 5.75 Å². The number of carbonyl (C=O) groups is 1. The van der Waals surface area contributed by atoms with Crippen LogP contribution in [0.1, 0.15) is 10.4 Å². The first-order valence-corrected chi connectivity index (χ1v) is 9.73. The summed E-state index contributed by atoms with van der Waals surface area (Å²) in [6.07, 6.45) is 1.48. The maximum Gasteiger partial charge on any atom is 0.255 e. The smallest absolute Gasteiger partial charge is 0.255 e. The number of amides is 1. The van der Waals surface area contributed by atoms with Gasteiger partial charge in [0.15, 0.2) is 0 Å². The van der Waals surface area contributed by atoms with Gasteiger partial charge in [0.05, 0.1) is 12.0 Å². The minimum Gasteiger partial charge on any atom is -0.497 e. The number of hydrogen-bond acceptors (Lipinski definition) is 6. The van der Waals surface area contributed by atoms with Crippen molar-refractivity contribution in [2.45, 2.75) is 4.90 Å². The van der Waals surface area contributed by atoms with Crippen LogP contribution in [-0.4, -0.2) is 26.4 Å². The Balaban J connectivity index is 1.72. The minimum atomic E-state index is -3.85. The normalized spacial score (nSPS) is 11.0. The fourth-order valence-corrected chi connectivity index (χ4v) is 3.76. The van der Waals surface area contributed by atoms with Gasteiger partial charge in [0, 0.05) is 16.4 Å². The van der Waals surface area contributed by atoms with E-state index in [0.29, 0.717) is 17.0 Å². The first-order valence-electron chi connectivity index (χ1n) is 7.41. The molecule has 0 saturated heterocycles. The number of sulfonamides is 1. The lowest BCUT2D eigenvalue weighted by molar-refractivity contribution is 0.102. The summed E-state index contributed by atoms with van der Waals surface area (Å²) in [4.78, 5) is 16.1. The van der Waals surface area contributed by atoms with Crippen molar-refractivity contribution >= 4 is 38.1 Å². The molecular weight excluding hydrogens is 374 g/mol. The van der Waals surface area contributed by atoms with E-state index in [2.05, 4.69) is 15.0 Å². The molecule has 1 heterocycles. The summed E-state index contributed by atoms with van der Waals surface area (Å²) in [5.74, 6) is 0.245. The highest BCUT2D eigenvalue weighted by molar-refractivity contribution is 7.94. The van der Waals surface area contributed by atoms with E-state index in [0.717, 1.165) is 11.3 Å². The molecule has 0 saturated carbocycles. The third kappa shape index (κ3) is 4.19. The Hall–Kier alpha value is -2.91. The molecule has 0 unspecified atom stereocenters. The fraction of sp³-hybridized carbons (Fsp3) is 0.0588. The fourth-order valence-electron chi connectivity index (χ4n) is 2.09. The average Bonchev–Trinajstić information content (AvgIpc) is 3.14. The van der Waals surface area contributed by atoms with Crippen molar-refractivity contribution in [1.82, 2.24) is 4.98 Å². The van der Waals surface area contributed by atoms with Crippen LogP contribution in [0, 0.1) is 0 Å². The first kappa shape index (κ1) is 17.9. The molecule has 2 aromatic carbocycles. The van der Waals surface area contributed by atoms with Gasteiger partial charge in [-0.15, -0.1) is 0 Å². The molecule has 1 amide bonds. The molecule has 0 aliphatic carbocycles. The van der Waals surface area contributed by atoms with Crippen molar-refractivity contribution in [1.29, 1.82) is 0 Å². The maximum atomic E-state index is 12.3. The van der Waals surface area contributed by atoms with Gasteiger partial charge >= 0.3 is 0 Å². The molecule has 7 nitrogen and oxygen atoms in total. The molecule has 0 aliphatic heterocycles. The zero-order valence-corrected chi connectivity index (χ0v) is 15.3. The molecule has 0 spiro atoms. The number of thiazole rings is 1. The predicted octanol–water partition coefficient (Wildman–Crippen LogP) is 3.80. The van der Waals surface area contributed by atoms with E-state index in [9.17, 15) is 13.2 Å². The van der Waals surface area contributed by atoms with Crippen LogP contribution in [0.15, 0.2) is 65.0 Å². The van der Waals surface area contributed by atoms with Gasteiger partial charge in [-0.2, -0.15) is 11.3 Å². The number of anilines is 1. The molecule has 3 aromatic rings. The summed E-state index contributed by atoms with van der Waals surface area (Å²) in [5.41, 5.74) is 0.894. The van der Waals surface area contributed by atoms with E-state index in [4.69, 9.17) is 4.74 Å².